The summed E-state index contributed by atoms with van der Waals surface area (Å²) in [5.74, 6) is 0.238. The number of hydrogen-bond acceptors (Lipinski definition) is 4. The highest BCUT2D eigenvalue weighted by atomic mass is 32.2. The zero-order valence-corrected chi connectivity index (χ0v) is 19.6. The number of amides is 1. The molecule has 0 atom stereocenters. The normalized spacial score (nSPS) is 11.4. The van der Waals surface area contributed by atoms with Crippen molar-refractivity contribution in [3.63, 3.8) is 0 Å². The van der Waals surface area contributed by atoms with Crippen molar-refractivity contribution in [2.75, 3.05) is 19.5 Å². The molecule has 32 heavy (non-hydrogen) atoms. The highest BCUT2D eigenvalue weighted by Gasteiger charge is 2.22. The van der Waals surface area contributed by atoms with Crippen LogP contribution < -0.4 is 10.1 Å². The minimum atomic E-state index is -3.69. The largest absolute Gasteiger partial charge is 0.496 e. The van der Waals surface area contributed by atoms with Crippen LogP contribution in [0.15, 0.2) is 71.6 Å². The predicted octanol–water partition coefficient (Wildman–Crippen LogP) is 4.64. The van der Waals surface area contributed by atoms with Gasteiger partial charge in [0.05, 0.1) is 12.0 Å². The molecule has 1 amide bonds. The quantitative estimate of drug-likeness (QED) is 0.540. The van der Waals surface area contributed by atoms with Crippen molar-refractivity contribution in [1.82, 2.24) is 4.31 Å². The summed E-state index contributed by atoms with van der Waals surface area (Å²) in [5, 5.41) is 2.88. The summed E-state index contributed by atoms with van der Waals surface area (Å²) in [4.78, 5) is 13.0. The topological polar surface area (TPSA) is 75.7 Å². The second-order valence-corrected chi connectivity index (χ2v) is 9.65. The van der Waals surface area contributed by atoms with Crippen molar-refractivity contribution in [3.8, 4) is 5.75 Å². The minimum Gasteiger partial charge on any atom is -0.496 e. The van der Waals surface area contributed by atoms with E-state index in [-0.39, 0.29) is 17.3 Å². The van der Waals surface area contributed by atoms with Crippen LogP contribution in [0.5, 0.6) is 5.75 Å². The molecule has 0 aromatic heterocycles. The Morgan fingerprint density at radius 1 is 1.00 bits per heavy atom. The molecule has 0 spiro atoms. The number of hydrogen-bond donors (Lipinski definition) is 1. The molecule has 0 saturated heterocycles. The van der Waals surface area contributed by atoms with Crippen molar-refractivity contribution in [2.45, 2.75) is 31.7 Å². The van der Waals surface area contributed by atoms with E-state index in [1.165, 1.54) is 24.0 Å². The van der Waals surface area contributed by atoms with Crippen LogP contribution in [0.25, 0.3) is 0 Å². The first kappa shape index (κ1) is 23.5. The predicted molar refractivity (Wildman–Crippen MR) is 127 cm³/mol. The fourth-order valence-corrected chi connectivity index (χ4v) is 4.43. The summed E-state index contributed by atoms with van der Waals surface area (Å²) in [6.45, 7) is 4.04. The van der Waals surface area contributed by atoms with Gasteiger partial charge in [0, 0.05) is 30.4 Å². The lowest BCUT2D eigenvalue weighted by atomic mass is 10.1. The number of ether oxygens (including phenoxy) is 1. The molecule has 168 valence electrons. The Morgan fingerprint density at radius 2 is 1.66 bits per heavy atom. The first-order valence-electron chi connectivity index (χ1n) is 10.3. The number of carbonyl (C=O) groups excluding carboxylic acids is 1. The van der Waals surface area contributed by atoms with Gasteiger partial charge in [0.15, 0.2) is 0 Å². The monoisotopic (exact) mass is 452 g/mol. The summed E-state index contributed by atoms with van der Waals surface area (Å²) in [6.07, 6.45) is 0.926. The van der Waals surface area contributed by atoms with Gasteiger partial charge in [-0.25, -0.2) is 8.42 Å². The summed E-state index contributed by atoms with van der Waals surface area (Å²) < 4.78 is 32.6. The molecular formula is C25H28N2O4S. The van der Waals surface area contributed by atoms with E-state index in [4.69, 9.17) is 4.74 Å². The maximum atomic E-state index is 13.0. The molecule has 3 aromatic carbocycles. The van der Waals surface area contributed by atoms with Gasteiger partial charge >= 0.3 is 0 Å². The molecular weight excluding hydrogens is 424 g/mol. The van der Waals surface area contributed by atoms with E-state index in [1.807, 2.05) is 31.2 Å². The van der Waals surface area contributed by atoms with Crippen LogP contribution in [0.2, 0.25) is 0 Å². The molecule has 0 radical (unpaired) electrons. The number of sulfonamides is 1. The van der Waals surface area contributed by atoms with Gasteiger partial charge in [-0.05, 0) is 61.4 Å². The molecule has 7 heteroatoms. The molecule has 0 heterocycles. The highest BCUT2D eigenvalue weighted by molar-refractivity contribution is 7.89. The number of methoxy groups -OCH3 is 1. The summed E-state index contributed by atoms with van der Waals surface area (Å²) in [7, 11) is -0.663. The smallest absolute Gasteiger partial charge is 0.255 e. The average Bonchev–Trinajstić information content (AvgIpc) is 2.79. The Labute approximate surface area is 189 Å². The zero-order valence-electron chi connectivity index (χ0n) is 18.8. The van der Waals surface area contributed by atoms with Crippen LogP contribution in [0.3, 0.4) is 0 Å². The molecule has 0 aliphatic rings. The molecule has 0 bridgehead atoms. The Morgan fingerprint density at radius 3 is 2.25 bits per heavy atom. The molecule has 0 saturated carbocycles. The SMILES string of the molecule is CCc1ccc(NC(=O)c2ccc(OC)c(CN(C)S(=O)(=O)c3ccc(C)cc3)c2)cc1. The number of benzene rings is 3. The van der Waals surface area contributed by atoms with Crippen LogP contribution >= 0.6 is 0 Å². The Bertz CT molecular complexity index is 1190. The van der Waals surface area contributed by atoms with Gasteiger partial charge in [-0.2, -0.15) is 4.31 Å². The van der Waals surface area contributed by atoms with E-state index in [1.54, 1.807) is 42.5 Å². The fraction of sp³-hybridized carbons (Fsp3) is 0.240. The maximum Gasteiger partial charge on any atom is 0.255 e. The van der Waals surface area contributed by atoms with Crippen LogP contribution in [0.4, 0.5) is 5.69 Å². The molecule has 3 aromatic rings. The van der Waals surface area contributed by atoms with Gasteiger partial charge in [0.1, 0.15) is 5.75 Å². The van der Waals surface area contributed by atoms with Crippen molar-refractivity contribution < 1.29 is 17.9 Å². The summed E-state index contributed by atoms with van der Waals surface area (Å²) in [5.41, 5.74) is 3.88. The van der Waals surface area contributed by atoms with Crippen LogP contribution in [0, 0.1) is 6.92 Å². The number of rotatable bonds is 8. The van der Waals surface area contributed by atoms with E-state index < -0.39 is 10.0 Å². The van der Waals surface area contributed by atoms with Gasteiger partial charge in [-0.1, -0.05) is 36.8 Å². The molecule has 0 unspecified atom stereocenters. The van der Waals surface area contributed by atoms with Crippen molar-refractivity contribution in [3.05, 3.63) is 89.0 Å². The molecule has 3 rings (SSSR count). The number of nitrogens with zero attached hydrogens (tertiary/aromatic N) is 1. The highest BCUT2D eigenvalue weighted by Crippen LogP contribution is 2.25. The molecule has 0 aliphatic carbocycles. The van der Waals surface area contributed by atoms with Gasteiger partial charge in [0.25, 0.3) is 5.91 Å². The van der Waals surface area contributed by atoms with Gasteiger partial charge < -0.3 is 10.1 Å². The number of anilines is 1. The fourth-order valence-electron chi connectivity index (χ4n) is 3.29. The van der Waals surface area contributed by atoms with Crippen LogP contribution in [-0.2, 0) is 23.0 Å². The average molecular weight is 453 g/mol. The first-order chi connectivity index (χ1) is 15.2. The Balaban J connectivity index is 1.82. The lowest BCUT2D eigenvalue weighted by Gasteiger charge is -2.19. The number of nitrogens with one attached hydrogen (secondary N) is 1. The standard InChI is InChI=1S/C25H28N2O4S/c1-5-19-8-11-22(12-9-19)26-25(28)20-10-15-24(31-4)21(16-20)17-27(3)32(29,30)23-13-6-18(2)7-14-23/h6-16H,5,17H2,1-4H3,(H,26,28). The third-order valence-electron chi connectivity index (χ3n) is 5.28. The third-order valence-corrected chi connectivity index (χ3v) is 7.10. The minimum absolute atomic E-state index is 0.0612. The molecule has 0 fully saturated rings. The third kappa shape index (κ3) is 5.36. The molecule has 6 nitrogen and oxygen atoms in total. The molecule has 0 aliphatic heterocycles. The Hall–Kier alpha value is -3.16. The second-order valence-electron chi connectivity index (χ2n) is 7.61. The Kier molecular flexibility index (Phi) is 7.33. The lowest BCUT2D eigenvalue weighted by molar-refractivity contribution is 0.102. The second kappa shape index (κ2) is 9.97. The summed E-state index contributed by atoms with van der Waals surface area (Å²) >= 11 is 0. The van der Waals surface area contributed by atoms with E-state index >= 15 is 0 Å². The lowest BCUT2D eigenvalue weighted by Crippen LogP contribution is -2.27. The maximum absolute atomic E-state index is 13.0. The van der Waals surface area contributed by atoms with E-state index in [9.17, 15) is 13.2 Å². The molecule has 1 N–H and O–H groups in total. The van der Waals surface area contributed by atoms with Crippen molar-refractivity contribution in [1.29, 1.82) is 0 Å². The van der Waals surface area contributed by atoms with Gasteiger partial charge in [0.2, 0.25) is 10.0 Å². The zero-order chi connectivity index (χ0) is 23.3. The number of carbonyl (C=O) groups is 1. The van der Waals surface area contributed by atoms with Gasteiger partial charge in [-0.3, -0.25) is 4.79 Å². The van der Waals surface area contributed by atoms with E-state index in [0.717, 1.165) is 12.0 Å². The van der Waals surface area contributed by atoms with Crippen molar-refractivity contribution in [2.24, 2.45) is 0 Å². The van der Waals surface area contributed by atoms with Gasteiger partial charge in [-0.15, -0.1) is 0 Å². The van der Waals surface area contributed by atoms with Crippen LogP contribution in [0.1, 0.15) is 34.0 Å². The van der Waals surface area contributed by atoms with Crippen LogP contribution in [-0.4, -0.2) is 32.8 Å². The van der Waals surface area contributed by atoms with E-state index in [0.29, 0.717) is 22.6 Å². The van der Waals surface area contributed by atoms with Crippen molar-refractivity contribution >= 4 is 21.6 Å². The van der Waals surface area contributed by atoms with E-state index in [2.05, 4.69) is 12.2 Å². The first-order valence-corrected chi connectivity index (χ1v) is 11.8. The summed E-state index contributed by atoms with van der Waals surface area (Å²) in [6, 6.07) is 19.4. The number of aryl methyl sites for hydroxylation is 2.